The minimum atomic E-state index is 0.372. The van der Waals surface area contributed by atoms with Crippen LogP contribution in [0.2, 0.25) is 0 Å². The molecule has 8 nitrogen and oxygen atoms in total. The molecule has 0 bridgehead atoms. The molecule has 0 atom stereocenters. The molecule has 2 aliphatic rings. The summed E-state index contributed by atoms with van der Waals surface area (Å²) in [7, 11) is 4.36. The van der Waals surface area contributed by atoms with E-state index >= 15 is 0 Å². The first kappa shape index (κ1) is 22.9. The summed E-state index contributed by atoms with van der Waals surface area (Å²) >= 11 is 0. The van der Waals surface area contributed by atoms with Gasteiger partial charge in [-0.25, -0.2) is 4.98 Å². The number of nitrogens with one attached hydrogen (secondary N) is 3. The molecule has 0 spiro atoms. The Labute approximate surface area is 202 Å². The van der Waals surface area contributed by atoms with Gasteiger partial charge in [0.05, 0.1) is 12.2 Å². The molecule has 0 saturated carbocycles. The van der Waals surface area contributed by atoms with Gasteiger partial charge in [-0.2, -0.15) is 9.61 Å². The Hall–Kier alpha value is -2.84. The zero-order valence-corrected chi connectivity index (χ0v) is 20.9. The van der Waals surface area contributed by atoms with Gasteiger partial charge in [-0.1, -0.05) is 26.0 Å². The van der Waals surface area contributed by atoms with Crippen molar-refractivity contribution in [2.75, 3.05) is 55.8 Å². The third-order valence-electron chi connectivity index (χ3n) is 7.18. The van der Waals surface area contributed by atoms with Crippen LogP contribution in [0, 0.1) is 0 Å². The van der Waals surface area contributed by atoms with E-state index in [-0.39, 0.29) is 0 Å². The van der Waals surface area contributed by atoms with Crippen molar-refractivity contribution >= 4 is 23.0 Å². The lowest BCUT2D eigenvalue weighted by Crippen LogP contribution is -2.51. The van der Waals surface area contributed by atoms with Crippen LogP contribution in [0.1, 0.15) is 43.7 Å². The molecule has 0 unspecified atom stereocenters. The molecule has 34 heavy (non-hydrogen) atoms. The average Bonchev–Trinajstić information content (AvgIpc) is 3.25. The fourth-order valence-electron chi connectivity index (χ4n) is 4.86. The summed E-state index contributed by atoms with van der Waals surface area (Å²) in [6, 6.07) is 12.0. The van der Waals surface area contributed by atoms with Gasteiger partial charge in [0.15, 0.2) is 5.65 Å². The summed E-state index contributed by atoms with van der Waals surface area (Å²) in [5.74, 6) is 2.40. The smallest absolute Gasteiger partial charge is 0.163 e. The summed E-state index contributed by atoms with van der Waals surface area (Å²) in [6.07, 6.45) is 4.29. The molecule has 1 aromatic carbocycles. The van der Waals surface area contributed by atoms with Crippen LogP contribution in [-0.2, 0) is 6.54 Å². The van der Waals surface area contributed by atoms with Crippen LogP contribution in [0.3, 0.4) is 0 Å². The molecule has 3 aromatic rings. The van der Waals surface area contributed by atoms with Gasteiger partial charge in [-0.05, 0) is 50.6 Å². The minimum Gasteiger partial charge on any atom is -0.380 e. The van der Waals surface area contributed by atoms with Crippen LogP contribution in [0.4, 0.5) is 17.3 Å². The predicted octanol–water partition coefficient (Wildman–Crippen LogP) is 3.38. The van der Waals surface area contributed by atoms with E-state index in [0.717, 1.165) is 62.8 Å². The third kappa shape index (κ3) is 4.83. The maximum atomic E-state index is 5.09. The number of anilines is 3. The highest BCUT2D eigenvalue weighted by Crippen LogP contribution is 2.28. The van der Waals surface area contributed by atoms with E-state index in [1.165, 1.54) is 16.8 Å². The lowest BCUT2D eigenvalue weighted by atomic mass is 10.0. The molecule has 0 amide bonds. The first-order valence-corrected chi connectivity index (χ1v) is 12.6. The maximum absolute atomic E-state index is 5.09. The number of rotatable bonds is 8. The van der Waals surface area contributed by atoms with Crippen molar-refractivity contribution in [1.29, 1.82) is 0 Å². The van der Waals surface area contributed by atoms with E-state index in [1.807, 2.05) is 10.7 Å². The van der Waals surface area contributed by atoms with Gasteiger partial charge in [0.25, 0.3) is 0 Å². The molecule has 0 radical (unpaired) electrons. The summed E-state index contributed by atoms with van der Waals surface area (Å²) in [5.41, 5.74) is 4.56. The van der Waals surface area contributed by atoms with Gasteiger partial charge >= 0.3 is 0 Å². The molecule has 182 valence electrons. The number of benzene rings is 1. The largest absolute Gasteiger partial charge is 0.380 e. The normalized spacial score (nSPS) is 17.5. The highest BCUT2D eigenvalue weighted by Gasteiger charge is 2.23. The van der Waals surface area contributed by atoms with Crippen LogP contribution in [0.15, 0.2) is 36.5 Å². The van der Waals surface area contributed by atoms with Gasteiger partial charge in [0.2, 0.25) is 0 Å². The van der Waals surface area contributed by atoms with Crippen LogP contribution in [0.25, 0.3) is 5.65 Å². The van der Waals surface area contributed by atoms with E-state index < -0.39 is 0 Å². The standard InChI is InChI=1S/C26H38N8/c1-18(2)23-17-29-34-24(28-14-19-6-5-7-20(12-19)30-21-15-27-16-21)13-25(31-26(23)34)33-10-8-22(9-11-33)32(3)4/h5-7,12-13,17-18,21-22,27-28,30H,8-11,14-16H2,1-4H3. The molecule has 2 fully saturated rings. The minimum absolute atomic E-state index is 0.372. The first-order chi connectivity index (χ1) is 16.5. The van der Waals surface area contributed by atoms with Crippen LogP contribution in [0.5, 0.6) is 0 Å². The summed E-state index contributed by atoms with van der Waals surface area (Å²) < 4.78 is 1.97. The van der Waals surface area contributed by atoms with Crippen LogP contribution < -0.4 is 20.9 Å². The topological polar surface area (TPSA) is 72.8 Å². The highest BCUT2D eigenvalue weighted by molar-refractivity contribution is 5.62. The molecule has 2 aromatic heterocycles. The number of nitrogens with zero attached hydrogens (tertiary/aromatic N) is 5. The molecule has 0 aliphatic carbocycles. The third-order valence-corrected chi connectivity index (χ3v) is 7.18. The second-order valence-corrected chi connectivity index (χ2v) is 10.2. The lowest BCUT2D eigenvalue weighted by Gasteiger charge is -2.36. The van der Waals surface area contributed by atoms with Crippen molar-refractivity contribution in [3.05, 3.63) is 47.7 Å². The Morgan fingerprint density at radius 3 is 2.62 bits per heavy atom. The highest BCUT2D eigenvalue weighted by atomic mass is 15.3. The van der Waals surface area contributed by atoms with Gasteiger partial charge in [0.1, 0.15) is 11.6 Å². The van der Waals surface area contributed by atoms with E-state index in [9.17, 15) is 0 Å². The maximum Gasteiger partial charge on any atom is 0.163 e. The zero-order chi connectivity index (χ0) is 23.7. The van der Waals surface area contributed by atoms with Crippen molar-refractivity contribution in [2.45, 2.75) is 51.2 Å². The molecule has 2 aliphatic heterocycles. The molecule has 5 rings (SSSR count). The molecular formula is C26H38N8. The predicted molar refractivity (Wildman–Crippen MR) is 140 cm³/mol. The number of hydrogen-bond donors (Lipinski definition) is 3. The zero-order valence-electron chi connectivity index (χ0n) is 20.9. The van der Waals surface area contributed by atoms with Crippen molar-refractivity contribution in [3.63, 3.8) is 0 Å². The molecule has 4 heterocycles. The molecule has 3 N–H and O–H groups in total. The monoisotopic (exact) mass is 462 g/mol. The van der Waals surface area contributed by atoms with E-state index in [4.69, 9.17) is 10.1 Å². The Morgan fingerprint density at radius 2 is 1.94 bits per heavy atom. The summed E-state index contributed by atoms with van der Waals surface area (Å²) in [6.45, 7) is 9.26. The molecular weight excluding hydrogens is 424 g/mol. The number of fused-ring (bicyclic) bond motifs is 1. The Kier molecular flexibility index (Phi) is 6.61. The van der Waals surface area contributed by atoms with E-state index in [0.29, 0.717) is 18.0 Å². The van der Waals surface area contributed by atoms with Gasteiger partial charge in [-0.15, -0.1) is 0 Å². The Bertz CT molecular complexity index is 1110. The lowest BCUT2D eigenvalue weighted by molar-refractivity contribution is 0.249. The Balaban J connectivity index is 1.38. The van der Waals surface area contributed by atoms with Gasteiger partial charge < -0.3 is 25.8 Å². The molecule has 8 heteroatoms. The summed E-state index contributed by atoms with van der Waals surface area (Å²) in [4.78, 5) is 9.86. The first-order valence-electron chi connectivity index (χ1n) is 12.6. The second kappa shape index (κ2) is 9.80. The Morgan fingerprint density at radius 1 is 1.15 bits per heavy atom. The fraction of sp³-hybridized carbons (Fsp3) is 0.538. The van der Waals surface area contributed by atoms with Crippen LogP contribution in [-0.4, -0.2) is 71.9 Å². The van der Waals surface area contributed by atoms with E-state index in [2.05, 4.69) is 84.0 Å². The summed E-state index contributed by atoms with van der Waals surface area (Å²) in [5, 5.41) is 15.3. The fourth-order valence-corrected chi connectivity index (χ4v) is 4.86. The van der Waals surface area contributed by atoms with Crippen molar-refractivity contribution in [1.82, 2.24) is 24.8 Å². The second-order valence-electron chi connectivity index (χ2n) is 10.2. The van der Waals surface area contributed by atoms with Crippen molar-refractivity contribution in [3.8, 4) is 0 Å². The quantitative estimate of drug-likeness (QED) is 0.474. The van der Waals surface area contributed by atoms with Crippen molar-refractivity contribution in [2.24, 2.45) is 0 Å². The number of hydrogen-bond acceptors (Lipinski definition) is 7. The average molecular weight is 463 g/mol. The van der Waals surface area contributed by atoms with Gasteiger partial charge in [0, 0.05) is 56.1 Å². The number of piperidine rings is 1. The van der Waals surface area contributed by atoms with Crippen molar-refractivity contribution < 1.29 is 0 Å². The van der Waals surface area contributed by atoms with E-state index in [1.54, 1.807) is 0 Å². The van der Waals surface area contributed by atoms with Gasteiger partial charge in [-0.3, -0.25) is 0 Å². The van der Waals surface area contributed by atoms with Crippen LogP contribution >= 0.6 is 0 Å². The molecule has 2 saturated heterocycles. The SMILES string of the molecule is CC(C)c1cnn2c(NCc3cccc(NC4CNC4)c3)cc(N3CCC(N(C)C)CC3)nc12. The number of aromatic nitrogens is 3.